The molecule has 1 atom stereocenters. The molecule has 1 saturated heterocycles. The van der Waals surface area contributed by atoms with Gasteiger partial charge < -0.3 is 9.88 Å². The maximum atomic E-state index is 11.2. The molecule has 0 aromatic carbocycles. The van der Waals surface area contributed by atoms with Crippen LogP contribution in [-0.4, -0.2) is 32.6 Å². The SMILES string of the molecule is C[Si]C1CCN(c2cc3ccc(=O)[nH]c3cn2)C1. The van der Waals surface area contributed by atoms with Crippen LogP contribution in [0.25, 0.3) is 10.9 Å². The van der Waals surface area contributed by atoms with Crippen molar-refractivity contribution >= 4 is 26.2 Å². The summed E-state index contributed by atoms with van der Waals surface area (Å²) in [5.74, 6) is 1.02. The first kappa shape index (κ1) is 11.5. The van der Waals surface area contributed by atoms with Gasteiger partial charge in [-0.25, -0.2) is 4.98 Å². The van der Waals surface area contributed by atoms with E-state index in [-0.39, 0.29) is 5.56 Å². The van der Waals surface area contributed by atoms with Crippen molar-refractivity contribution in [2.45, 2.75) is 18.5 Å². The Kier molecular flexibility index (Phi) is 2.91. The number of hydrogen-bond acceptors (Lipinski definition) is 3. The van der Waals surface area contributed by atoms with Crippen LogP contribution in [-0.2, 0) is 0 Å². The monoisotopic (exact) mass is 257 g/mol. The van der Waals surface area contributed by atoms with Gasteiger partial charge in [-0.15, -0.1) is 0 Å². The summed E-state index contributed by atoms with van der Waals surface area (Å²) in [6.45, 7) is 4.47. The number of aromatic amines is 1. The summed E-state index contributed by atoms with van der Waals surface area (Å²) in [6, 6.07) is 5.48. The number of hydrogen-bond donors (Lipinski definition) is 1. The lowest BCUT2D eigenvalue weighted by molar-refractivity contribution is 0.930. The summed E-state index contributed by atoms with van der Waals surface area (Å²) in [5, 5.41) is 1.04. The Morgan fingerprint density at radius 1 is 1.50 bits per heavy atom. The zero-order chi connectivity index (χ0) is 12.5. The summed E-state index contributed by atoms with van der Waals surface area (Å²) in [4.78, 5) is 20.8. The van der Waals surface area contributed by atoms with E-state index in [1.54, 1.807) is 12.3 Å². The molecule has 2 aromatic rings. The van der Waals surface area contributed by atoms with E-state index in [1.165, 1.54) is 6.42 Å². The van der Waals surface area contributed by atoms with E-state index < -0.39 is 0 Å². The Morgan fingerprint density at radius 2 is 2.39 bits per heavy atom. The zero-order valence-corrected chi connectivity index (χ0v) is 11.3. The second kappa shape index (κ2) is 4.57. The molecule has 3 heterocycles. The molecule has 92 valence electrons. The number of anilines is 1. The van der Waals surface area contributed by atoms with Gasteiger partial charge in [0.05, 0.1) is 11.7 Å². The van der Waals surface area contributed by atoms with Gasteiger partial charge in [-0.1, -0.05) is 6.55 Å². The molecule has 5 heteroatoms. The first-order chi connectivity index (χ1) is 8.76. The molecule has 1 fully saturated rings. The lowest BCUT2D eigenvalue weighted by atomic mass is 10.2. The fourth-order valence-electron chi connectivity index (χ4n) is 2.42. The largest absolute Gasteiger partial charge is 0.357 e. The average Bonchev–Trinajstić information content (AvgIpc) is 2.87. The molecule has 1 N–H and O–H groups in total. The van der Waals surface area contributed by atoms with Crippen LogP contribution in [0.1, 0.15) is 6.42 Å². The van der Waals surface area contributed by atoms with E-state index in [9.17, 15) is 4.79 Å². The third-order valence-electron chi connectivity index (χ3n) is 3.51. The Morgan fingerprint density at radius 3 is 3.17 bits per heavy atom. The Hall–Kier alpha value is -1.62. The molecule has 0 saturated carbocycles. The molecule has 0 amide bonds. The number of nitrogens with one attached hydrogen (secondary N) is 1. The number of H-pyrrole nitrogens is 1. The van der Waals surface area contributed by atoms with Gasteiger partial charge in [0.1, 0.15) is 5.82 Å². The highest BCUT2D eigenvalue weighted by molar-refractivity contribution is 6.36. The van der Waals surface area contributed by atoms with E-state index in [0.29, 0.717) is 0 Å². The van der Waals surface area contributed by atoms with E-state index in [2.05, 4.69) is 27.5 Å². The normalized spacial score (nSPS) is 19.6. The van der Waals surface area contributed by atoms with Gasteiger partial charge in [0.15, 0.2) is 0 Å². The lowest BCUT2D eigenvalue weighted by Crippen LogP contribution is -2.20. The topological polar surface area (TPSA) is 49.0 Å². The summed E-state index contributed by atoms with van der Waals surface area (Å²) >= 11 is 0. The molecule has 1 unspecified atom stereocenters. The van der Waals surface area contributed by atoms with Crippen LogP contribution in [0.4, 0.5) is 5.82 Å². The minimum atomic E-state index is -0.0783. The Bertz CT molecular complexity index is 625. The number of rotatable bonds is 2. The lowest BCUT2D eigenvalue weighted by Gasteiger charge is -2.17. The van der Waals surface area contributed by atoms with Crippen molar-refractivity contribution in [3.8, 4) is 0 Å². The summed E-state index contributed by atoms with van der Waals surface area (Å²) < 4.78 is 0. The predicted octanol–water partition coefficient (Wildman–Crippen LogP) is 1.67. The number of pyridine rings is 2. The molecule has 1 aliphatic heterocycles. The molecule has 4 nitrogen and oxygen atoms in total. The van der Waals surface area contributed by atoms with Crippen LogP contribution in [0.5, 0.6) is 0 Å². The smallest absolute Gasteiger partial charge is 0.248 e. The van der Waals surface area contributed by atoms with Crippen molar-refractivity contribution in [1.29, 1.82) is 0 Å². The van der Waals surface area contributed by atoms with Gasteiger partial charge >= 0.3 is 0 Å². The van der Waals surface area contributed by atoms with Gasteiger partial charge in [0, 0.05) is 34.1 Å². The van der Waals surface area contributed by atoms with E-state index in [4.69, 9.17) is 0 Å². The Labute approximate surface area is 108 Å². The predicted molar refractivity (Wildman–Crippen MR) is 74.6 cm³/mol. The van der Waals surface area contributed by atoms with Crippen molar-refractivity contribution in [1.82, 2.24) is 9.97 Å². The molecule has 1 aliphatic rings. The summed E-state index contributed by atoms with van der Waals surface area (Å²) in [5.41, 5.74) is 1.54. The van der Waals surface area contributed by atoms with Crippen LogP contribution >= 0.6 is 0 Å². The van der Waals surface area contributed by atoms with Gasteiger partial charge in [0.2, 0.25) is 5.56 Å². The van der Waals surface area contributed by atoms with E-state index in [0.717, 1.165) is 44.9 Å². The molecule has 0 bridgehead atoms. The molecule has 3 rings (SSSR count). The fraction of sp³-hybridized carbons (Fsp3) is 0.385. The molecule has 18 heavy (non-hydrogen) atoms. The van der Waals surface area contributed by atoms with Crippen molar-refractivity contribution in [3.63, 3.8) is 0 Å². The van der Waals surface area contributed by atoms with Crippen molar-refractivity contribution in [2.75, 3.05) is 18.0 Å². The first-order valence-corrected chi connectivity index (χ1v) is 7.75. The highest BCUT2D eigenvalue weighted by Gasteiger charge is 2.22. The maximum absolute atomic E-state index is 11.2. The standard InChI is InChI=1S/C13H15N3OSi/c1-18-10-4-5-16(8-10)12-6-9-2-3-13(17)15-11(9)7-14-12/h2-3,6-7,10H,4-5,8H2,1H3,(H,15,17). The molecular weight excluding hydrogens is 242 g/mol. The van der Waals surface area contributed by atoms with Crippen molar-refractivity contribution in [2.24, 2.45) is 0 Å². The summed E-state index contributed by atoms with van der Waals surface area (Å²) in [6.07, 6.45) is 3.02. The van der Waals surface area contributed by atoms with Crippen LogP contribution in [0.2, 0.25) is 12.1 Å². The Balaban J connectivity index is 1.94. The number of fused-ring (bicyclic) bond motifs is 1. The molecule has 0 aliphatic carbocycles. The van der Waals surface area contributed by atoms with E-state index >= 15 is 0 Å². The molecule has 2 aromatic heterocycles. The second-order valence-electron chi connectivity index (χ2n) is 4.67. The fourth-order valence-corrected chi connectivity index (χ4v) is 3.24. The summed E-state index contributed by atoms with van der Waals surface area (Å²) in [7, 11) is 1.00. The van der Waals surface area contributed by atoms with Crippen LogP contribution < -0.4 is 10.5 Å². The average molecular weight is 257 g/mol. The third-order valence-corrected chi connectivity index (χ3v) is 4.80. The minimum absolute atomic E-state index is 0.0783. The van der Waals surface area contributed by atoms with Gasteiger partial charge in [-0.3, -0.25) is 4.79 Å². The maximum Gasteiger partial charge on any atom is 0.248 e. The van der Waals surface area contributed by atoms with Crippen LogP contribution in [0.3, 0.4) is 0 Å². The van der Waals surface area contributed by atoms with Gasteiger partial charge in [-0.05, 0) is 24.1 Å². The highest BCUT2D eigenvalue weighted by Crippen LogP contribution is 2.26. The van der Waals surface area contributed by atoms with Gasteiger partial charge in [-0.2, -0.15) is 0 Å². The number of aromatic nitrogens is 2. The quantitative estimate of drug-likeness (QED) is 0.833. The van der Waals surface area contributed by atoms with Crippen molar-refractivity contribution < 1.29 is 0 Å². The highest BCUT2D eigenvalue weighted by atomic mass is 28.2. The molecule has 0 spiro atoms. The van der Waals surface area contributed by atoms with Crippen LogP contribution in [0, 0.1) is 0 Å². The second-order valence-corrected chi connectivity index (χ2v) is 6.07. The molecular formula is C13H15N3OSi. The minimum Gasteiger partial charge on any atom is -0.357 e. The third kappa shape index (κ3) is 2.06. The van der Waals surface area contributed by atoms with Crippen LogP contribution in [0.15, 0.2) is 29.2 Å². The molecule has 2 radical (unpaired) electrons. The van der Waals surface area contributed by atoms with Crippen molar-refractivity contribution in [3.05, 3.63) is 34.7 Å². The van der Waals surface area contributed by atoms with Gasteiger partial charge in [0.25, 0.3) is 0 Å². The number of nitrogens with zero attached hydrogens (tertiary/aromatic N) is 2. The zero-order valence-electron chi connectivity index (χ0n) is 10.3. The van der Waals surface area contributed by atoms with E-state index in [1.807, 2.05) is 6.07 Å². The first-order valence-electron chi connectivity index (χ1n) is 6.17.